The third-order valence-corrected chi connectivity index (χ3v) is 8.98. The maximum absolute atomic E-state index is 11.3. The van der Waals surface area contributed by atoms with Crippen LogP contribution in [0.25, 0.3) is 10.2 Å². The number of fused-ring (bicyclic) bond motifs is 3. The molecule has 0 saturated heterocycles. The average Bonchev–Trinajstić information content (AvgIpc) is 3.25. The molecule has 3 heterocycles. The smallest absolute Gasteiger partial charge is 0.148 e. The largest absolute Gasteiger partial charge is 0.455 e. The van der Waals surface area contributed by atoms with Crippen molar-refractivity contribution in [1.29, 1.82) is 0 Å². The maximum Gasteiger partial charge on any atom is 0.148 e. The van der Waals surface area contributed by atoms with Crippen molar-refractivity contribution in [1.82, 2.24) is 20.3 Å². The minimum absolute atomic E-state index is 0.187. The van der Waals surface area contributed by atoms with Crippen LogP contribution in [-0.2, 0) is 22.7 Å². The normalized spacial score (nSPS) is 15.4. The van der Waals surface area contributed by atoms with Crippen molar-refractivity contribution in [2.45, 2.75) is 39.5 Å². The van der Waals surface area contributed by atoms with Gasteiger partial charge in [0.25, 0.3) is 0 Å². The molecule has 1 unspecified atom stereocenters. The van der Waals surface area contributed by atoms with Crippen LogP contribution in [0.1, 0.15) is 34.5 Å². The third-order valence-electron chi connectivity index (χ3n) is 6.88. The number of hydrogen-bond acceptors (Lipinski definition) is 9. The molecule has 1 aliphatic rings. The Kier molecular flexibility index (Phi) is 7.92. The summed E-state index contributed by atoms with van der Waals surface area (Å²) in [6, 6.07) is 9.89. The summed E-state index contributed by atoms with van der Waals surface area (Å²) in [5, 5.41) is 7.93. The third kappa shape index (κ3) is 6.48. The highest BCUT2D eigenvalue weighted by molar-refractivity contribution is 7.90. The Balaban J connectivity index is 1.26. The first-order valence-electron chi connectivity index (χ1n) is 12.9. The van der Waals surface area contributed by atoms with Crippen LogP contribution >= 0.6 is 11.3 Å². The van der Waals surface area contributed by atoms with Crippen molar-refractivity contribution in [3.05, 3.63) is 64.6 Å². The first-order valence-corrected chi connectivity index (χ1v) is 15.7. The SMILES string of the molecule is Cc1ccc(Oc2ccc(Nc3ncnc4sc5c(c34)CCC(CCNCCS(C)(=O)=O)C5)cc2C)cn1. The number of rotatable bonds is 10. The summed E-state index contributed by atoms with van der Waals surface area (Å²) in [6.07, 6.45) is 8.83. The van der Waals surface area contributed by atoms with E-state index in [1.165, 1.54) is 16.7 Å². The van der Waals surface area contributed by atoms with Crippen molar-refractivity contribution in [2.24, 2.45) is 5.92 Å². The maximum atomic E-state index is 11.3. The summed E-state index contributed by atoms with van der Waals surface area (Å²) in [7, 11) is -2.92. The lowest BCUT2D eigenvalue weighted by Crippen LogP contribution is -2.26. The molecule has 5 rings (SSSR count). The number of benzene rings is 1. The van der Waals surface area contributed by atoms with Gasteiger partial charge in [0.15, 0.2) is 0 Å². The molecule has 0 spiro atoms. The van der Waals surface area contributed by atoms with E-state index in [0.29, 0.717) is 18.2 Å². The Morgan fingerprint density at radius 3 is 2.74 bits per heavy atom. The van der Waals surface area contributed by atoms with Gasteiger partial charge >= 0.3 is 0 Å². The van der Waals surface area contributed by atoms with Crippen LogP contribution in [0.3, 0.4) is 0 Å². The van der Waals surface area contributed by atoms with Crippen molar-refractivity contribution in [2.75, 3.05) is 30.4 Å². The molecule has 10 heteroatoms. The number of ether oxygens (including phenoxy) is 1. The van der Waals surface area contributed by atoms with Gasteiger partial charge in [0.1, 0.15) is 38.3 Å². The molecule has 4 aromatic rings. The molecular weight excluding hydrogens is 518 g/mol. The van der Waals surface area contributed by atoms with E-state index in [1.807, 2.05) is 38.1 Å². The topological polar surface area (TPSA) is 106 Å². The molecule has 0 radical (unpaired) electrons. The number of sulfone groups is 1. The summed E-state index contributed by atoms with van der Waals surface area (Å²) in [5.41, 5.74) is 4.28. The van der Waals surface area contributed by atoms with Gasteiger partial charge < -0.3 is 15.4 Å². The summed E-state index contributed by atoms with van der Waals surface area (Å²) >= 11 is 1.77. The minimum Gasteiger partial charge on any atom is -0.455 e. The molecule has 38 heavy (non-hydrogen) atoms. The zero-order valence-corrected chi connectivity index (χ0v) is 23.6. The Hall–Kier alpha value is -3.08. The van der Waals surface area contributed by atoms with E-state index in [2.05, 4.69) is 31.7 Å². The molecule has 3 aromatic heterocycles. The molecule has 1 atom stereocenters. The highest BCUT2D eigenvalue weighted by Crippen LogP contribution is 2.41. The van der Waals surface area contributed by atoms with Crippen LogP contribution in [0.5, 0.6) is 11.5 Å². The Morgan fingerprint density at radius 2 is 1.97 bits per heavy atom. The van der Waals surface area contributed by atoms with Gasteiger partial charge in [-0.15, -0.1) is 11.3 Å². The molecule has 1 aliphatic carbocycles. The van der Waals surface area contributed by atoms with Crippen molar-refractivity contribution in [3.63, 3.8) is 0 Å². The lowest BCUT2D eigenvalue weighted by molar-refractivity contribution is 0.421. The number of anilines is 2. The molecule has 0 fully saturated rings. The van der Waals surface area contributed by atoms with Gasteiger partial charge in [-0.2, -0.15) is 0 Å². The molecule has 2 N–H and O–H groups in total. The standard InChI is InChI=1S/C28H33N5O3S2/c1-18-14-21(6-9-24(18)36-22-7-4-19(2)30-16-22)33-27-26-23-8-5-20(10-11-29-12-13-38(3,34)35)15-25(23)37-28(26)32-17-31-27/h4,6-7,9,14,16-17,20,29H,5,8,10-13,15H2,1-3H3,(H,31,32,33). The number of nitrogens with zero attached hydrogens (tertiary/aromatic N) is 3. The van der Waals surface area contributed by atoms with E-state index in [-0.39, 0.29) is 5.75 Å². The fourth-order valence-corrected chi connectivity index (χ4v) is 6.65. The zero-order chi connectivity index (χ0) is 26.7. The predicted octanol–water partition coefficient (Wildman–Crippen LogP) is 5.37. The van der Waals surface area contributed by atoms with E-state index in [1.54, 1.807) is 23.9 Å². The summed E-state index contributed by atoms with van der Waals surface area (Å²) < 4.78 is 28.6. The summed E-state index contributed by atoms with van der Waals surface area (Å²) in [5.74, 6) is 3.11. The number of nitrogens with one attached hydrogen (secondary N) is 2. The van der Waals surface area contributed by atoms with Crippen LogP contribution in [0.4, 0.5) is 11.5 Å². The summed E-state index contributed by atoms with van der Waals surface area (Å²) in [4.78, 5) is 15.9. The highest BCUT2D eigenvalue weighted by atomic mass is 32.2. The zero-order valence-electron chi connectivity index (χ0n) is 22.0. The Labute approximate surface area is 227 Å². The fourth-order valence-electron chi connectivity index (χ4n) is 4.83. The predicted molar refractivity (Wildman–Crippen MR) is 154 cm³/mol. The number of hydrogen-bond donors (Lipinski definition) is 2. The van der Waals surface area contributed by atoms with Gasteiger partial charge in [-0.3, -0.25) is 4.98 Å². The second-order valence-electron chi connectivity index (χ2n) is 10.0. The van der Waals surface area contributed by atoms with Gasteiger partial charge in [0, 0.05) is 29.1 Å². The summed E-state index contributed by atoms with van der Waals surface area (Å²) in [6.45, 7) is 5.33. The molecule has 200 valence electrons. The fraction of sp³-hybridized carbons (Fsp3) is 0.393. The second-order valence-corrected chi connectivity index (χ2v) is 13.4. The Morgan fingerprint density at radius 1 is 1.11 bits per heavy atom. The first-order chi connectivity index (χ1) is 18.2. The molecule has 0 aliphatic heterocycles. The van der Waals surface area contributed by atoms with E-state index < -0.39 is 9.84 Å². The van der Waals surface area contributed by atoms with Gasteiger partial charge in [0.2, 0.25) is 0 Å². The van der Waals surface area contributed by atoms with Gasteiger partial charge in [-0.05, 0) is 93.5 Å². The van der Waals surface area contributed by atoms with Gasteiger partial charge in [0.05, 0.1) is 17.3 Å². The number of pyridine rings is 1. The van der Waals surface area contributed by atoms with Crippen LogP contribution in [0.2, 0.25) is 0 Å². The van der Waals surface area contributed by atoms with E-state index >= 15 is 0 Å². The quantitative estimate of drug-likeness (QED) is 0.254. The van der Waals surface area contributed by atoms with E-state index in [0.717, 1.165) is 71.0 Å². The van der Waals surface area contributed by atoms with Crippen molar-refractivity contribution >= 4 is 42.9 Å². The molecular formula is C28H33N5O3S2. The molecule has 0 bridgehead atoms. The second kappa shape index (κ2) is 11.3. The van der Waals surface area contributed by atoms with Crippen LogP contribution < -0.4 is 15.4 Å². The lowest BCUT2D eigenvalue weighted by atomic mass is 9.86. The molecule has 1 aromatic carbocycles. The number of aromatic nitrogens is 3. The van der Waals surface area contributed by atoms with E-state index in [9.17, 15) is 8.42 Å². The first kappa shape index (κ1) is 26.5. The Bertz CT molecular complexity index is 1530. The molecule has 0 amide bonds. The van der Waals surface area contributed by atoms with Crippen LogP contribution in [0, 0.1) is 19.8 Å². The number of aryl methyl sites for hydroxylation is 3. The van der Waals surface area contributed by atoms with Crippen molar-refractivity contribution < 1.29 is 13.2 Å². The van der Waals surface area contributed by atoms with Gasteiger partial charge in [-0.25, -0.2) is 18.4 Å². The minimum atomic E-state index is -2.92. The van der Waals surface area contributed by atoms with Crippen LogP contribution in [0.15, 0.2) is 42.9 Å². The average molecular weight is 552 g/mol. The molecule has 0 saturated carbocycles. The van der Waals surface area contributed by atoms with Gasteiger partial charge in [-0.1, -0.05) is 0 Å². The molecule has 8 nitrogen and oxygen atoms in total. The van der Waals surface area contributed by atoms with Crippen LogP contribution in [-0.4, -0.2) is 48.5 Å². The lowest BCUT2D eigenvalue weighted by Gasteiger charge is -2.22. The highest BCUT2D eigenvalue weighted by Gasteiger charge is 2.25. The van der Waals surface area contributed by atoms with E-state index in [4.69, 9.17) is 4.74 Å². The van der Waals surface area contributed by atoms with Crippen molar-refractivity contribution in [3.8, 4) is 11.5 Å². The monoisotopic (exact) mass is 551 g/mol. The number of thiophene rings is 1.